The highest BCUT2D eigenvalue weighted by Gasteiger charge is 2.13. The summed E-state index contributed by atoms with van der Waals surface area (Å²) in [7, 11) is 0. The van der Waals surface area contributed by atoms with Gasteiger partial charge in [0.25, 0.3) is 5.56 Å². The molecule has 132 valence electrons. The summed E-state index contributed by atoms with van der Waals surface area (Å²) in [5.41, 5.74) is 1.48. The number of halogens is 1. The molecular formula is C17H19ClN4OS2. The third kappa shape index (κ3) is 4.40. The van der Waals surface area contributed by atoms with E-state index in [9.17, 15) is 4.79 Å². The molecule has 2 heterocycles. The van der Waals surface area contributed by atoms with Crippen molar-refractivity contribution in [1.82, 2.24) is 19.1 Å². The Morgan fingerprint density at radius 2 is 2.08 bits per heavy atom. The Morgan fingerprint density at radius 1 is 1.24 bits per heavy atom. The summed E-state index contributed by atoms with van der Waals surface area (Å²) < 4.78 is 6.23. The van der Waals surface area contributed by atoms with Crippen LogP contribution in [0.2, 0.25) is 4.34 Å². The summed E-state index contributed by atoms with van der Waals surface area (Å²) in [4.78, 5) is 17.6. The van der Waals surface area contributed by atoms with E-state index in [2.05, 4.69) is 16.5 Å². The molecular weight excluding hydrogens is 376 g/mol. The van der Waals surface area contributed by atoms with Crippen LogP contribution in [0.25, 0.3) is 10.9 Å². The van der Waals surface area contributed by atoms with Crippen molar-refractivity contribution >= 4 is 45.8 Å². The van der Waals surface area contributed by atoms with Gasteiger partial charge in [-0.15, -0.1) is 5.10 Å². The Hall–Kier alpha value is -1.44. The molecule has 0 aliphatic heterocycles. The number of thioether (sulfide) groups is 1. The highest BCUT2D eigenvalue weighted by molar-refractivity contribution is 7.98. The van der Waals surface area contributed by atoms with E-state index in [4.69, 9.17) is 16.6 Å². The number of para-hydroxylation sites is 1. The number of benzene rings is 1. The Bertz CT molecular complexity index is 909. The first kappa shape index (κ1) is 18.4. The minimum Gasteiger partial charge on any atom is -0.287 e. The fourth-order valence-electron chi connectivity index (χ4n) is 2.57. The molecule has 0 radical (unpaired) electrons. The van der Waals surface area contributed by atoms with Crippen molar-refractivity contribution in [3.05, 3.63) is 44.6 Å². The molecule has 0 saturated carbocycles. The number of aromatic nitrogens is 4. The lowest BCUT2D eigenvalue weighted by Gasteiger charge is -2.12. The second kappa shape index (κ2) is 8.78. The second-order valence-corrected chi connectivity index (χ2v) is 8.01. The topological polar surface area (TPSA) is 60.7 Å². The van der Waals surface area contributed by atoms with Crippen LogP contribution in [0, 0.1) is 0 Å². The van der Waals surface area contributed by atoms with Gasteiger partial charge in [-0.1, -0.05) is 66.2 Å². The van der Waals surface area contributed by atoms with Gasteiger partial charge in [-0.25, -0.2) is 4.98 Å². The van der Waals surface area contributed by atoms with Gasteiger partial charge in [0.05, 0.1) is 10.9 Å². The molecule has 0 aliphatic rings. The van der Waals surface area contributed by atoms with Crippen LogP contribution in [0.5, 0.6) is 0 Å². The molecule has 0 bridgehead atoms. The lowest BCUT2D eigenvalue weighted by Crippen LogP contribution is -2.23. The van der Waals surface area contributed by atoms with Crippen molar-refractivity contribution in [2.75, 3.05) is 0 Å². The maximum atomic E-state index is 12.9. The van der Waals surface area contributed by atoms with Gasteiger partial charge in [-0.05, 0) is 18.6 Å². The smallest absolute Gasteiger partial charge is 0.262 e. The zero-order valence-electron chi connectivity index (χ0n) is 13.9. The van der Waals surface area contributed by atoms with Crippen molar-refractivity contribution in [2.24, 2.45) is 0 Å². The summed E-state index contributed by atoms with van der Waals surface area (Å²) in [5, 5.41) is 5.41. The molecule has 0 N–H and O–H groups in total. The molecule has 0 fully saturated rings. The summed E-state index contributed by atoms with van der Waals surface area (Å²) in [6, 6.07) is 7.48. The van der Waals surface area contributed by atoms with Gasteiger partial charge in [0.1, 0.15) is 10.0 Å². The maximum Gasteiger partial charge on any atom is 0.262 e. The molecule has 1 aromatic carbocycles. The maximum absolute atomic E-state index is 12.9. The normalized spacial score (nSPS) is 11.3. The minimum atomic E-state index is 0.0205. The molecule has 25 heavy (non-hydrogen) atoms. The molecule has 0 saturated heterocycles. The van der Waals surface area contributed by atoms with Crippen LogP contribution in [0.4, 0.5) is 0 Å². The van der Waals surface area contributed by atoms with E-state index in [1.165, 1.54) is 36.1 Å². The fraction of sp³-hybridized carbons (Fsp3) is 0.412. The van der Waals surface area contributed by atoms with Crippen LogP contribution in [0.15, 0.2) is 34.2 Å². The van der Waals surface area contributed by atoms with Crippen molar-refractivity contribution in [3.8, 4) is 0 Å². The minimum absolute atomic E-state index is 0.0205. The van der Waals surface area contributed by atoms with Gasteiger partial charge in [-0.2, -0.15) is 0 Å². The van der Waals surface area contributed by atoms with Gasteiger partial charge < -0.3 is 0 Å². The first-order valence-electron chi connectivity index (χ1n) is 8.29. The van der Waals surface area contributed by atoms with Crippen LogP contribution in [-0.4, -0.2) is 19.1 Å². The average molecular weight is 395 g/mol. The Morgan fingerprint density at radius 3 is 2.84 bits per heavy atom. The third-order valence-electron chi connectivity index (χ3n) is 3.91. The zero-order chi connectivity index (χ0) is 17.6. The predicted octanol–water partition coefficient (Wildman–Crippen LogP) is 4.77. The van der Waals surface area contributed by atoms with Gasteiger partial charge >= 0.3 is 0 Å². The number of rotatable bonds is 8. The third-order valence-corrected chi connectivity index (χ3v) is 5.88. The van der Waals surface area contributed by atoms with E-state index in [1.807, 2.05) is 24.3 Å². The van der Waals surface area contributed by atoms with Crippen molar-refractivity contribution < 1.29 is 0 Å². The molecule has 2 aromatic heterocycles. The fourth-order valence-corrected chi connectivity index (χ4v) is 4.33. The monoisotopic (exact) mass is 394 g/mol. The Labute approximate surface area is 159 Å². The van der Waals surface area contributed by atoms with Crippen LogP contribution >= 0.6 is 34.9 Å². The van der Waals surface area contributed by atoms with E-state index in [-0.39, 0.29) is 5.56 Å². The molecule has 0 spiro atoms. The van der Waals surface area contributed by atoms with E-state index < -0.39 is 0 Å². The molecule has 8 heteroatoms. The van der Waals surface area contributed by atoms with E-state index in [1.54, 1.807) is 4.57 Å². The summed E-state index contributed by atoms with van der Waals surface area (Å²) in [5.74, 6) is 0.551. The number of hydrogen-bond acceptors (Lipinski definition) is 6. The van der Waals surface area contributed by atoms with E-state index in [0.29, 0.717) is 27.2 Å². The van der Waals surface area contributed by atoms with Crippen LogP contribution in [0.1, 0.15) is 38.3 Å². The molecule has 3 rings (SSSR count). The molecule has 0 atom stereocenters. The largest absolute Gasteiger partial charge is 0.287 e. The Balaban J connectivity index is 1.90. The van der Waals surface area contributed by atoms with E-state index >= 15 is 0 Å². The molecule has 3 aromatic rings. The zero-order valence-corrected chi connectivity index (χ0v) is 16.3. The first-order valence-corrected chi connectivity index (χ1v) is 10.4. The predicted molar refractivity (Wildman–Crippen MR) is 105 cm³/mol. The summed E-state index contributed by atoms with van der Waals surface area (Å²) in [6.45, 7) is 2.86. The highest BCUT2D eigenvalue weighted by atomic mass is 35.5. The van der Waals surface area contributed by atoms with Crippen LogP contribution in [0.3, 0.4) is 0 Å². The lowest BCUT2D eigenvalue weighted by atomic mass is 10.2. The van der Waals surface area contributed by atoms with Crippen molar-refractivity contribution in [1.29, 1.82) is 0 Å². The Kier molecular flexibility index (Phi) is 6.45. The highest BCUT2D eigenvalue weighted by Crippen LogP contribution is 2.26. The van der Waals surface area contributed by atoms with Crippen molar-refractivity contribution in [3.63, 3.8) is 0 Å². The van der Waals surface area contributed by atoms with E-state index in [0.717, 1.165) is 24.1 Å². The van der Waals surface area contributed by atoms with Gasteiger partial charge in [-0.3, -0.25) is 9.36 Å². The SMILES string of the molecule is CCCCCCn1c(SCc2nnsc2Cl)nc2ccccc2c1=O. The molecule has 0 unspecified atom stereocenters. The summed E-state index contributed by atoms with van der Waals surface area (Å²) >= 11 is 8.74. The number of nitrogens with zero attached hydrogens (tertiary/aromatic N) is 4. The number of hydrogen-bond donors (Lipinski definition) is 0. The van der Waals surface area contributed by atoms with Gasteiger partial charge in [0.15, 0.2) is 5.16 Å². The lowest BCUT2D eigenvalue weighted by molar-refractivity contribution is 0.531. The molecule has 0 aliphatic carbocycles. The second-order valence-electron chi connectivity index (χ2n) is 5.71. The first-order chi connectivity index (χ1) is 12.2. The number of unbranched alkanes of at least 4 members (excludes halogenated alkanes) is 3. The number of fused-ring (bicyclic) bond motifs is 1. The van der Waals surface area contributed by atoms with Gasteiger partial charge in [0.2, 0.25) is 0 Å². The quantitative estimate of drug-likeness (QED) is 0.312. The van der Waals surface area contributed by atoms with Crippen LogP contribution < -0.4 is 5.56 Å². The van der Waals surface area contributed by atoms with Crippen molar-refractivity contribution in [2.45, 2.75) is 50.1 Å². The molecule has 0 amide bonds. The standard InChI is InChI=1S/C17H19ClN4OS2/c1-2-3-4-7-10-22-16(23)12-8-5-6-9-13(12)19-17(22)24-11-14-15(18)25-21-20-14/h5-6,8-9H,2-4,7,10-11H2,1H3. The summed E-state index contributed by atoms with van der Waals surface area (Å²) in [6.07, 6.45) is 4.43. The average Bonchev–Trinajstić information content (AvgIpc) is 3.03. The van der Waals surface area contributed by atoms with Gasteiger partial charge in [0, 0.05) is 23.8 Å². The van der Waals surface area contributed by atoms with Crippen LogP contribution in [-0.2, 0) is 12.3 Å². The molecule has 5 nitrogen and oxygen atoms in total.